The third-order valence-electron chi connectivity index (χ3n) is 4.55. The lowest BCUT2D eigenvalue weighted by Gasteiger charge is -2.16. The monoisotopic (exact) mass is 401 g/mol. The van der Waals surface area contributed by atoms with Gasteiger partial charge < -0.3 is 4.74 Å². The number of fused-ring (bicyclic) bond motifs is 1. The van der Waals surface area contributed by atoms with Crippen LogP contribution in [0.3, 0.4) is 0 Å². The fourth-order valence-electron chi connectivity index (χ4n) is 3.10. The van der Waals surface area contributed by atoms with E-state index in [1.807, 2.05) is 5.43 Å². The molecule has 0 saturated carbocycles. The number of hydrogen-bond acceptors (Lipinski definition) is 5. The lowest BCUT2D eigenvalue weighted by atomic mass is 10.1. The lowest BCUT2D eigenvalue weighted by Crippen LogP contribution is -2.46. The van der Waals surface area contributed by atoms with Crippen molar-refractivity contribution in [3.63, 3.8) is 0 Å². The van der Waals surface area contributed by atoms with E-state index in [9.17, 15) is 9.59 Å². The fourth-order valence-corrected chi connectivity index (χ4v) is 3.22. The number of hydrazine groups is 2. The number of nitrogens with zero attached hydrogens (tertiary/aromatic N) is 2. The number of ether oxygens (including phenoxy) is 1. The quantitative estimate of drug-likeness (QED) is 0.353. The molecule has 0 aliphatic rings. The maximum absolute atomic E-state index is 13.2. The predicted octanol–water partition coefficient (Wildman–Crippen LogP) is 2.56. The topological polar surface area (TPSA) is 116 Å². The van der Waals surface area contributed by atoms with Gasteiger partial charge in [0.05, 0.1) is 19.2 Å². The second-order valence-corrected chi connectivity index (χ2v) is 6.61. The number of rotatable bonds is 4. The van der Waals surface area contributed by atoms with Gasteiger partial charge in [-0.05, 0) is 49.4 Å². The molecule has 8 nitrogen and oxygen atoms in total. The van der Waals surface area contributed by atoms with E-state index < -0.39 is 6.03 Å². The van der Waals surface area contributed by atoms with Crippen LogP contribution in [-0.4, -0.2) is 28.6 Å². The highest BCUT2D eigenvalue weighted by atomic mass is 35.5. The third kappa shape index (κ3) is 3.53. The summed E-state index contributed by atoms with van der Waals surface area (Å²) in [5, 5.41) is 2.24. The number of benzene rings is 2. The molecular weight excluding hydrogens is 382 g/mol. The highest BCUT2D eigenvalue weighted by Gasteiger charge is 2.22. The maximum Gasteiger partial charge on any atom is 0.345 e. The van der Waals surface area contributed by atoms with Crippen LogP contribution in [0.2, 0.25) is 5.02 Å². The van der Waals surface area contributed by atoms with E-state index in [2.05, 4.69) is 0 Å². The van der Waals surface area contributed by atoms with Crippen molar-refractivity contribution in [3.05, 3.63) is 64.3 Å². The van der Waals surface area contributed by atoms with Gasteiger partial charge in [-0.2, -0.15) is 0 Å². The maximum atomic E-state index is 13.2. The summed E-state index contributed by atoms with van der Waals surface area (Å²) in [5.74, 6) is 11.4. The van der Waals surface area contributed by atoms with Gasteiger partial charge in [0.1, 0.15) is 5.75 Å². The molecule has 2 aromatic carbocycles. The lowest BCUT2D eigenvalue weighted by molar-refractivity contribution is 0.0963. The van der Waals surface area contributed by atoms with Crippen LogP contribution in [0.5, 0.6) is 5.75 Å². The summed E-state index contributed by atoms with van der Waals surface area (Å²) in [4.78, 5) is 24.9. The summed E-state index contributed by atoms with van der Waals surface area (Å²) in [6.45, 7) is 1.85. The van der Waals surface area contributed by atoms with Crippen molar-refractivity contribution in [1.29, 1.82) is 0 Å². The van der Waals surface area contributed by atoms with E-state index in [4.69, 9.17) is 28.0 Å². The highest BCUT2D eigenvalue weighted by molar-refractivity contribution is 6.30. The van der Waals surface area contributed by atoms with Gasteiger partial charge in [0.15, 0.2) is 0 Å². The number of amides is 2. The first-order valence-electron chi connectivity index (χ1n) is 8.38. The van der Waals surface area contributed by atoms with E-state index in [0.717, 1.165) is 10.4 Å². The Morgan fingerprint density at radius 2 is 1.89 bits per heavy atom. The number of methoxy groups -OCH3 is 1. The number of hydrogen-bond donors (Lipinski definition) is 3. The van der Waals surface area contributed by atoms with Gasteiger partial charge in [-0.15, -0.1) is 0 Å². The van der Waals surface area contributed by atoms with E-state index in [1.54, 1.807) is 61.1 Å². The molecule has 0 unspecified atom stereocenters. The number of aromatic nitrogens is 1. The van der Waals surface area contributed by atoms with Crippen LogP contribution in [0.1, 0.15) is 21.6 Å². The Labute approximate surface area is 166 Å². The van der Waals surface area contributed by atoms with Crippen molar-refractivity contribution in [1.82, 2.24) is 15.0 Å². The molecule has 0 aliphatic heterocycles. The summed E-state index contributed by atoms with van der Waals surface area (Å²) in [6, 6.07) is 11.4. The zero-order valence-electron chi connectivity index (χ0n) is 15.4. The Kier molecular flexibility index (Phi) is 5.55. The summed E-state index contributed by atoms with van der Waals surface area (Å²) < 4.78 is 6.89. The average Bonchev–Trinajstić information content (AvgIpc) is 2.98. The number of carbonyl (C=O) groups is 2. The van der Waals surface area contributed by atoms with Crippen LogP contribution >= 0.6 is 11.6 Å². The van der Waals surface area contributed by atoms with Gasteiger partial charge in [0, 0.05) is 27.2 Å². The largest absolute Gasteiger partial charge is 0.497 e. The second kappa shape index (κ2) is 7.89. The van der Waals surface area contributed by atoms with Gasteiger partial charge in [0.2, 0.25) is 0 Å². The third-order valence-corrected chi connectivity index (χ3v) is 4.80. The molecule has 146 valence electrons. The molecule has 28 heavy (non-hydrogen) atoms. The molecule has 3 rings (SSSR count). The molecule has 1 heterocycles. The summed E-state index contributed by atoms with van der Waals surface area (Å²) in [6.07, 6.45) is 0. The molecule has 2 amide bonds. The van der Waals surface area contributed by atoms with Crippen molar-refractivity contribution in [2.75, 3.05) is 7.11 Å². The predicted molar refractivity (Wildman–Crippen MR) is 107 cm³/mol. The SMILES string of the molecule is COc1ccc2c(c1)c(CN(N)C(=O)NN)c(C)n2C(=O)c1ccc(Cl)cc1. The van der Waals surface area contributed by atoms with Crippen LogP contribution < -0.4 is 21.8 Å². The minimum absolute atomic E-state index is 0.0550. The fraction of sp³-hybridized carbons (Fsp3) is 0.158. The zero-order valence-corrected chi connectivity index (χ0v) is 16.2. The Morgan fingerprint density at radius 1 is 1.21 bits per heavy atom. The summed E-state index contributed by atoms with van der Waals surface area (Å²) in [5.41, 5.74) is 4.51. The normalized spacial score (nSPS) is 10.8. The average molecular weight is 402 g/mol. The van der Waals surface area contributed by atoms with Crippen LogP contribution in [0.4, 0.5) is 4.79 Å². The molecule has 1 aromatic heterocycles. The zero-order chi connectivity index (χ0) is 20.4. The molecule has 0 bridgehead atoms. The van der Waals surface area contributed by atoms with E-state index in [0.29, 0.717) is 33.1 Å². The molecule has 0 radical (unpaired) electrons. The number of nitrogens with two attached hydrogens (primary N) is 2. The highest BCUT2D eigenvalue weighted by Crippen LogP contribution is 2.31. The number of carbonyl (C=O) groups excluding carboxylic acids is 2. The summed E-state index contributed by atoms with van der Waals surface area (Å²) >= 11 is 5.93. The number of nitrogens with one attached hydrogen (secondary N) is 1. The first kappa shape index (κ1) is 19.7. The van der Waals surface area contributed by atoms with E-state index in [-0.39, 0.29) is 12.5 Å². The van der Waals surface area contributed by atoms with Crippen LogP contribution in [0, 0.1) is 6.92 Å². The first-order chi connectivity index (χ1) is 13.4. The number of halogens is 1. The molecule has 0 atom stereocenters. The van der Waals surface area contributed by atoms with Crippen LogP contribution in [-0.2, 0) is 6.54 Å². The molecule has 5 N–H and O–H groups in total. The van der Waals surface area contributed by atoms with Crippen LogP contribution in [0.25, 0.3) is 10.9 Å². The second-order valence-electron chi connectivity index (χ2n) is 6.17. The van der Waals surface area contributed by atoms with Crippen molar-refractivity contribution >= 4 is 34.4 Å². The molecule has 0 aliphatic carbocycles. The van der Waals surface area contributed by atoms with Gasteiger partial charge in [-0.3, -0.25) is 19.8 Å². The van der Waals surface area contributed by atoms with Crippen molar-refractivity contribution in [2.45, 2.75) is 13.5 Å². The Balaban J connectivity index is 2.17. The van der Waals surface area contributed by atoms with E-state index in [1.165, 1.54) is 0 Å². The minimum atomic E-state index is -0.646. The van der Waals surface area contributed by atoms with Gasteiger partial charge in [0.25, 0.3) is 5.91 Å². The minimum Gasteiger partial charge on any atom is -0.497 e. The Morgan fingerprint density at radius 3 is 2.50 bits per heavy atom. The van der Waals surface area contributed by atoms with Gasteiger partial charge in [-0.1, -0.05) is 11.6 Å². The molecule has 0 spiro atoms. The molecular formula is C19H20ClN5O3. The summed E-state index contributed by atoms with van der Waals surface area (Å²) in [7, 11) is 1.56. The molecule has 3 aromatic rings. The Bertz CT molecular complexity index is 1050. The standard InChI is InChI=1S/C19H20ClN5O3/c1-11-16(10-24(22)19(27)23-21)15-9-14(28-2)7-8-17(15)25(11)18(26)12-3-5-13(20)6-4-12/h3-9H,10,21-22H2,1-2H3,(H,23,27). The first-order valence-corrected chi connectivity index (χ1v) is 8.76. The van der Waals surface area contributed by atoms with Crippen molar-refractivity contribution in [3.8, 4) is 5.75 Å². The van der Waals surface area contributed by atoms with Crippen molar-refractivity contribution < 1.29 is 14.3 Å². The van der Waals surface area contributed by atoms with Crippen LogP contribution in [0.15, 0.2) is 42.5 Å². The molecule has 0 saturated heterocycles. The number of urea groups is 1. The van der Waals surface area contributed by atoms with Crippen molar-refractivity contribution in [2.24, 2.45) is 11.7 Å². The van der Waals surface area contributed by atoms with Gasteiger partial charge in [-0.25, -0.2) is 16.5 Å². The van der Waals surface area contributed by atoms with E-state index >= 15 is 0 Å². The Hall–Kier alpha value is -3.07. The smallest absolute Gasteiger partial charge is 0.345 e. The van der Waals surface area contributed by atoms with Gasteiger partial charge >= 0.3 is 6.03 Å². The molecule has 9 heteroatoms. The molecule has 0 fully saturated rings.